The zero-order valence-corrected chi connectivity index (χ0v) is 11.3. The Morgan fingerprint density at radius 1 is 1.37 bits per heavy atom. The fourth-order valence-corrected chi connectivity index (χ4v) is 2.47. The predicted octanol–water partition coefficient (Wildman–Crippen LogP) is 1.63. The highest BCUT2D eigenvalue weighted by Crippen LogP contribution is 2.26. The Labute approximate surface area is 112 Å². The van der Waals surface area contributed by atoms with Gasteiger partial charge < -0.3 is 10.6 Å². The summed E-state index contributed by atoms with van der Waals surface area (Å²) in [7, 11) is 0. The van der Waals surface area contributed by atoms with Gasteiger partial charge >= 0.3 is 0 Å². The van der Waals surface area contributed by atoms with Crippen molar-refractivity contribution >= 4 is 17.6 Å². The molecule has 1 aromatic rings. The molecule has 0 radical (unpaired) electrons. The summed E-state index contributed by atoms with van der Waals surface area (Å²) >= 11 is 0. The van der Waals surface area contributed by atoms with Crippen molar-refractivity contribution in [2.24, 2.45) is 5.92 Å². The molecule has 5 heteroatoms. The molecule has 0 unspecified atom stereocenters. The molecule has 1 aromatic heterocycles. The number of hydrogen-bond acceptors (Lipinski definition) is 3. The van der Waals surface area contributed by atoms with Gasteiger partial charge in [0.05, 0.1) is 0 Å². The Hall–Kier alpha value is -1.91. The number of rotatable bonds is 3. The standard InChI is InChI=1S/C14H19N3O2/c1-9-5-6-15-13(7-9)17-14(19)11-3-4-12(8-11)16-10(2)18/h5-7,11-12H,3-4,8H2,1-2H3,(H,16,18)(H,15,17,19)/t11-,12+/m0/s1. The first-order valence-corrected chi connectivity index (χ1v) is 6.55. The molecule has 2 N–H and O–H groups in total. The molecule has 0 aliphatic heterocycles. The van der Waals surface area contributed by atoms with Crippen LogP contribution in [-0.2, 0) is 9.59 Å². The molecule has 0 spiro atoms. The van der Waals surface area contributed by atoms with Gasteiger partial charge in [0.15, 0.2) is 0 Å². The summed E-state index contributed by atoms with van der Waals surface area (Å²) < 4.78 is 0. The average Bonchev–Trinajstić information content (AvgIpc) is 2.76. The molecule has 1 fully saturated rings. The lowest BCUT2D eigenvalue weighted by molar-refractivity contribution is -0.121. The molecule has 5 nitrogen and oxygen atoms in total. The first-order chi connectivity index (χ1) is 9.04. The maximum absolute atomic E-state index is 12.1. The van der Waals surface area contributed by atoms with Gasteiger partial charge in [-0.1, -0.05) is 0 Å². The van der Waals surface area contributed by atoms with Crippen molar-refractivity contribution in [1.29, 1.82) is 0 Å². The summed E-state index contributed by atoms with van der Waals surface area (Å²) in [4.78, 5) is 27.2. The van der Waals surface area contributed by atoms with E-state index in [1.54, 1.807) is 6.20 Å². The topological polar surface area (TPSA) is 71.1 Å². The third-order valence-electron chi connectivity index (χ3n) is 3.38. The third kappa shape index (κ3) is 3.77. The van der Waals surface area contributed by atoms with E-state index in [1.165, 1.54) is 6.92 Å². The molecule has 2 amide bonds. The molecule has 2 atom stereocenters. The summed E-state index contributed by atoms with van der Waals surface area (Å²) in [6, 6.07) is 3.86. The van der Waals surface area contributed by atoms with Crippen LogP contribution in [0.4, 0.5) is 5.82 Å². The lowest BCUT2D eigenvalue weighted by Crippen LogP contribution is -2.31. The summed E-state index contributed by atoms with van der Waals surface area (Å²) in [6.07, 6.45) is 4.05. The summed E-state index contributed by atoms with van der Waals surface area (Å²) in [5.74, 6) is 0.504. The van der Waals surface area contributed by atoms with Gasteiger partial charge in [0.1, 0.15) is 5.82 Å². The number of anilines is 1. The zero-order chi connectivity index (χ0) is 13.8. The zero-order valence-electron chi connectivity index (χ0n) is 11.3. The van der Waals surface area contributed by atoms with Crippen LogP contribution >= 0.6 is 0 Å². The number of amides is 2. The van der Waals surface area contributed by atoms with Crippen molar-refractivity contribution in [3.05, 3.63) is 23.9 Å². The molecule has 102 valence electrons. The van der Waals surface area contributed by atoms with E-state index in [2.05, 4.69) is 15.6 Å². The molecular weight excluding hydrogens is 242 g/mol. The minimum absolute atomic E-state index is 0.00838. The van der Waals surface area contributed by atoms with Crippen LogP contribution in [0.1, 0.15) is 31.7 Å². The average molecular weight is 261 g/mol. The largest absolute Gasteiger partial charge is 0.354 e. The Morgan fingerprint density at radius 3 is 2.84 bits per heavy atom. The van der Waals surface area contributed by atoms with Gasteiger partial charge in [-0.25, -0.2) is 4.98 Å². The van der Waals surface area contributed by atoms with E-state index in [-0.39, 0.29) is 23.8 Å². The highest BCUT2D eigenvalue weighted by atomic mass is 16.2. The third-order valence-corrected chi connectivity index (χ3v) is 3.38. The summed E-state index contributed by atoms with van der Waals surface area (Å²) in [6.45, 7) is 3.46. The molecule has 2 rings (SSSR count). The van der Waals surface area contributed by atoms with E-state index in [0.717, 1.165) is 18.4 Å². The first-order valence-electron chi connectivity index (χ1n) is 6.55. The fourth-order valence-electron chi connectivity index (χ4n) is 2.47. The summed E-state index contributed by atoms with van der Waals surface area (Å²) in [5, 5.41) is 5.70. The molecule has 19 heavy (non-hydrogen) atoms. The van der Waals surface area contributed by atoms with Crippen LogP contribution in [0.15, 0.2) is 18.3 Å². The molecule has 1 heterocycles. The number of aromatic nitrogens is 1. The van der Waals surface area contributed by atoms with Crippen molar-refractivity contribution in [3.63, 3.8) is 0 Å². The number of nitrogens with one attached hydrogen (secondary N) is 2. The van der Waals surface area contributed by atoms with E-state index in [4.69, 9.17) is 0 Å². The number of pyridine rings is 1. The van der Waals surface area contributed by atoms with Crippen molar-refractivity contribution in [3.8, 4) is 0 Å². The Bertz CT molecular complexity index is 487. The second-order valence-electron chi connectivity index (χ2n) is 5.12. The van der Waals surface area contributed by atoms with Gasteiger partial charge in [0.25, 0.3) is 0 Å². The number of carbonyl (C=O) groups is 2. The number of hydrogen-bond donors (Lipinski definition) is 2. The molecule has 0 bridgehead atoms. The molecule has 0 saturated heterocycles. The highest BCUT2D eigenvalue weighted by molar-refractivity contribution is 5.92. The van der Waals surface area contributed by atoms with Gasteiger partial charge in [-0.2, -0.15) is 0 Å². The second kappa shape index (κ2) is 5.82. The van der Waals surface area contributed by atoms with Crippen molar-refractivity contribution in [1.82, 2.24) is 10.3 Å². The van der Waals surface area contributed by atoms with Crippen molar-refractivity contribution < 1.29 is 9.59 Å². The fraction of sp³-hybridized carbons (Fsp3) is 0.500. The number of carbonyl (C=O) groups excluding carboxylic acids is 2. The molecule has 1 aliphatic rings. The highest BCUT2D eigenvalue weighted by Gasteiger charge is 2.30. The first kappa shape index (κ1) is 13.5. The van der Waals surface area contributed by atoms with Gasteiger partial charge in [0.2, 0.25) is 11.8 Å². The second-order valence-corrected chi connectivity index (χ2v) is 5.12. The minimum Gasteiger partial charge on any atom is -0.354 e. The van der Waals surface area contributed by atoms with Gasteiger partial charge in [-0.3, -0.25) is 9.59 Å². The molecular formula is C14H19N3O2. The van der Waals surface area contributed by atoms with Crippen LogP contribution in [0.5, 0.6) is 0 Å². The Kier molecular flexibility index (Phi) is 4.14. The maximum Gasteiger partial charge on any atom is 0.228 e. The number of aryl methyl sites for hydroxylation is 1. The van der Waals surface area contributed by atoms with Crippen LogP contribution in [0.25, 0.3) is 0 Å². The van der Waals surface area contributed by atoms with Crippen molar-refractivity contribution in [2.75, 3.05) is 5.32 Å². The quantitative estimate of drug-likeness (QED) is 0.868. The molecule has 1 saturated carbocycles. The molecule has 1 aliphatic carbocycles. The molecule has 0 aromatic carbocycles. The van der Waals surface area contributed by atoms with Crippen LogP contribution in [-0.4, -0.2) is 22.8 Å². The van der Waals surface area contributed by atoms with E-state index >= 15 is 0 Å². The van der Waals surface area contributed by atoms with Crippen LogP contribution in [0.2, 0.25) is 0 Å². The number of nitrogens with zero attached hydrogens (tertiary/aromatic N) is 1. The monoisotopic (exact) mass is 261 g/mol. The van der Waals surface area contributed by atoms with E-state index < -0.39 is 0 Å². The summed E-state index contributed by atoms with van der Waals surface area (Å²) in [5.41, 5.74) is 1.06. The normalized spacial score (nSPS) is 22.0. The van der Waals surface area contributed by atoms with Crippen LogP contribution in [0.3, 0.4) is 0 Å². The van der Waals surface area contributed by atoms with Gasteiger partial charge in [-0.05, 0) is 43.9 Å². The maximum atomic E-state index is 12.1. The minimum atomic E-state index is -0.0424. The predicted molar refractivity (Wildman–Crippen MR) is 72.5 cm³/mol. The van der Waals surface area contributed by atoms with E-state index in [1.807, 2.05) is 19.1 Å². The Morgan fingerprint density at radius 2 is 2.16 bits per heavy atom. The van der Waals surface area contributed by atoms with E-state index in [0.29, 0.717) is 12.2 Å². The lowest BCUT2D eigenvalue weighted by atomic mass is 10.1. The smallest absolute Gasteiger partial charge is 0.228 e. The SMILES string of the molecule is CC(=O)N[C@@H]1CC[C@H](C(=O)Nc2cc(C)ccn2)C1. The van der Waals surface area contributed by atoms with Crippen LogP contribution in [0, 0.1) is 12.8 Å². The lowest BCUT2D eigenvalue weighted by Gasteiger charge is -2.12. The van der Waals surface area contributed by atoms with E-state index in [9.17, 15) is 9.59 Å². The Balaban J connectivity index is 1.89. The van der Waals surface area contributed by atoms with Gasteiger partial charge in [0, 0.05) is 25.1 Å². The van der Waals surface area contributed by atoms with Crippen molar-refractivity contribution in [2.45, 2.75) is 39.2 Å². The van der Waals surface area contributed by atoms with Gasteiger partial charge in [-0.15, -0.1) is 0 Å². The van der Waals surface area contributed by atoms with Crippen LogP contribution < -0.4 is 10.6 Å².